The van der Waals surface area contributed by atoms with Crippen molar-refractivity contribution in [2.24, 2.45) is 0 Å². The third-order valence-electron chi connectivity index (χ3n) is 3.41. The summed E-state index contributed by atoms with van der Waals surface area (Å²) < 4.78 is 20.7. The molecule has 7 nitrogen and oxygen atoms in total. The first-order valence-electron chi connectivity index (χ1n) is 7.99. The lowest BCUT2D eigenvalue weighted by Crippen LogP contribution is -2.20. The van der Waals surface area contributed by atoms with Gasteiger partial charge in [-0.1, -0.05) is 0 Å². The molecule has 2 rings (SSSR count). The lowest BCUT2D eigenvalue weighted by Gasteiger charge is -2.11. The molecule has 0 unspecified atom stereocenters. The summed E-state index contributed by atoms with van der Waals surface area (Å²) >= 11 is 0. The molecule has 0 aromatic heterocycles. The van der Waals surface area contributed by atoms with E-state index >= 15 is 0 Å². The van der Waals surface area contributed by atoms with E-state index in [0.717, 1.165) is 0 Å². The van der Waals surface area contributed by atoms with Gasteiger partial charge in [0, 0.05) is 5.69 Å². The maximum absolute atomic E-state index is 12.1. The van der Waals surface area contributed by atoms with Crippen molar-refractivity contribution in [3.05, 3.63) is 48.0 Å². The van der Waals surface area contributed by atoms with Crippen molar-refractivity contribution >= 4 is 17.6 Å². The van der Waals surface area contributed by atoms with Crippen LogP contribution in [0, 0.1) is 0 Å². The molecule has 0 radical (unpaired) electrons. The zero-order valence-corrected chi connectivity index (χ0v) is 14.9. The van der Waals surface area contributed by atoms with Crippen molar-refractivity contribution in [2.45, 2.75) is 6.92 Å². The smallest absolute Gasteiger partial charge is 0.338 e. The van der Waals surface area contributed by atoms with Gasteiger partial charge in [-0.3, -0.25) is 4.79 Å². The summed E-state index contributed by atoms with van der Waals surface area (Å²) in [5, 5.41) is 2.63. The van der Waals surface area contributed by atoms with Crippen LogP contribution in [-0.2, 0) is 9.53 Å². The van der Waals surface area contributed by atoms with Crippen LogP contribution in [0.15, 0.2) is 42.5 Å². The second-order valence-electron chi connectivity index (χ2n) is 5.15. The van der Waals surface area contributed by atoms with Gasteiger partial charge in [-0.2, -0.15) is 0 Å². The van der Waals surface area contributed by atoms with Gasteiger partial charge in [-0.15, -0.1) is 0 Å². The van der Waals surface area contributed by atoms with Crippen LogP contribution in [0.1, 0.15) is 17.3 Å². The Morgan fingerprint density at radius 3 is 2.31 bits per heavy atom. The third kappa shape index (κ3) is 5.14. The van der Waals surface area contributed by atoms with Crippen LogP contribution in [0.5, 0.6) is 17.2 Å². The number of benzene rings is 2. The molecule has 7 heteroatoms. The number of rotatable bonds is 8. The first kappa shape index (κ1) is 19.1. The maximum atomic E-state index is 12.1. The fraction of sp³-hybridized carbons (Fsp3) is 0.263. The fourth-order valence-electron chi connectivity index (χ4n) is 2.16. The molecular formula is C19H21NO6. The van der Waals surface area contributed by atoms with E-state index in [1.54, 1.807) is 43.5 Å². The number of methoxy groups -OCH3 is 2. The predicted molar refractivity (Wildman–Crippen MR) is 96.1 cm³/mol. The number of nitrogens with one attached hydrogen (secondary N) is 1. The van der Waals surface area contributed by atoms with Crippen molar-refractivity contribution < 1.29 is 28.5 Å². The summed E-state index contributed by atoms with van der Waals surface area (Å²) in [5.41, 5.74) is 0.845. The highest BCUT2D eigenvalue weighted by Crippen LogP contribution is 2.28. The molecule has 2 aromatic rings. The lowest BCUT2D eigenvalue weighted by atomic mass is 10.2. The molecule has 0 bridgehead atoms. The van der Waals surface area contributed by atoms with Gasteiger partial charge in [-0.05, 0) is 49.4 Å². The van der Waals surface area contributed by atoms with Gasteiger partial charge in [0.15, 0.2) is 18.1 Å². The molecular weight excluding hydrogens is 338 g/mol. The van der Waals surface area contributed by atoms with E-state index in [2.05, 4.69) is 5.32 Å². The molecule has 0 fully saturated rings. The molecule has 0 saturated carbocycles. The van der Waals surface area contributed by atoms with E-state index < -0.39 is 18.5 Å². The molecule has 26 heavy (non-hydrogen) atoms. The van der Waals surface area contributed by atoms with Gasteiger partial charge in [0.25, 0.3) is 5.91 Å². The topological polar surface area (TPSA) is 83.1 Å². The number of esters is 1. The molecule has 0 heterocycles. The minimum Gasteiger partial charge on any atom is -0.497 e. The van der Waals surface area contributed by atoms with Crippen molar-refractivity contribution in [1.82, 2.24) is 0 Å². The average molecular weight is 359 g/mol. The summed E-state index contributed by atoms with van der Waals surface area (Å²) in [4.78, 5) is 24.0. The van der Waals surface area contributed by atoms with Crippen molar-refractivity contribution in [2.75, 3.05) is 32.8 Å². The average Bonchev–Trinajstić information content (AvgIpc) is 2.67. The maximum Gasteiger partial charge on any atom is 0.338 e. The van der Waals surface area contributed by atoms with Gasteiger partial charge in [0.1, 0.15) is 5.75 Å². The Balaban J connectivity index is 1.91. The van der Waals surface area contributed by atoms with Crippen molar-refractivity contribution in [3.63, 3.8) is 0 Å². The van der Waals surface area contributed by atoms with Gasteiger partial charge in [0.05, 0.1) is 26.4 Å². The summed E-state index contributed by atoms with van der Waals surface area (Å²) in [6.07, 6.45) is 0. The summed E-state index contributed by atoms with van der Waals surface area (Å²) in [6.45, 7) is 1.93. The number of carbonyl (C=O) groups is 2. The van der Waals surface area contributed by atoms with Crippen LogP contribution < -0.4 is 19.5 Å². The minimum atomic E-state index is -0.628. The van der Waals surface area contributed by atoms with E-state index in [-0.39, 0.29) is 5.56 Å². The quantitative estimate of drug-likeness (QED) is 0.730. The zero-order valence-electron chi connectivity index (χ0n) is 14.9. The first-order valence-corrected chi connectivity index (χ1v) is 7.99. The fourth-order valence-corrected chi connectivity index (χ4v) is 2.16. The van der Waals surface area contributed by atoms with Crippen LogP contribution in [0.4, 0.5) is 5.69 Å². The molecule has 0 atom stereocenters. The van der Waals surface area contributed by atoms with E-state index in [0.29, 0.717) is 29.5 Å². The number of carbonyl (C=O) groups excluding carboxylic acids is 2. The second kappa shape index (κ2) is 9.31. The monoisotopic (exact) mass is 359 g/mol. The molecule has 0 aliphatic carbocycles. The normalized spacial score (nSPS) is 9.96. The lowest BCUT2D eigenvalue weighted by molar-refractivity contribution is -0.119. The second-order valence-corrected chi connectivity index (χ2v) is 5.15. The molecule has 0 spiro atoms. The zero-order chi connectivity index (χ0) is 18.9. The standard InChI is InChI=1S/C19H21NO6/c1-4-25-16-10-5-13(11-17(16)24-3)19(22)26-12-18(21)20-14-6-8-15(23-2)9-7-14/h5-11H,4,12H2,1-3H3,(H,20,21). The van der Waals surface area contributed by atoms with Crippen LogP contribution >= 0.6 is 0 Å². The molecule has 0 aliphatic heterocycles. The van der Waals surface area contributed by atoms with E-state index in [9.17, 15) is 9.59 Å². The van der Waals surface area contributed by atoms with Gasteiger partial charge < -0.3 is 24.3 Å². The summed E-state index contributed by atoms with van der Waals surface area (Å²) in [7, 11) is 3.04. The minimum absolute atomic E-state index is 0.266. The number of hydrogen-bond donors (Lipinski definition) is 1. The number of anilines is 1. The number of amides is 1. The predicted octanol–water partition coefficient (Wildman–Crippen LogP) is 2.90. The highest BCUT2D eigenvalue weighted by Gasteiger charge is 2.14. The van der Waals surface area contributed by atoms with Gasteiger partial charge in [-0.25, -0.2) is 4.79 Å². The Morgan fingerprint density at radius 1 is 0.962 bits per heavy atom. The highest BCUT2D eigenvalue weighted by molar-refractivity contribution is 5.95. The molecule has 1 amide bonds. The van der Waals surface area contributed by atoms with Crippen LogP contribution in [0.2, 0.25) is 0 Å². The molecule has 0 aliphatic rings. The van der Waals surface area contributed by atoms with Crippen LogP contribution in [0.25, 0.3) is 0 Å². The Kier molecular flexibility index (Phi) is 6.84. The Labute approximate surface area is 151 Å². The highest BCUT2D eigenvalue weighted by atomic mass is 16.5. The largest absolute Gasteiger partial charge is 0.497 e. The van der Waals surface area contributed by atoms with Crippen molar-refractivity contribution in [3.8, 4) is 17.2 Å². The van der Waals surface area contributed by atoms with E-state index in [1.165, 1.54) is 13.2 Å². The third-order valence-corrected chi connectivity index (χ3v) is 3.41. The number of hydrogen-bond acceptors (Lipinski definition) is 6. The molecule has 1 N–H and O–H groups in total. The number of ether oxygens (including phenoxy) is 4. The Hall–Kier alpha value is -3.22. The van der Waals surface area contributed by atoms with Gasteiger partial charge >= 0.3 is 5.97 Å². The SMILES string of the molecule is CCOc1ccc(C(=O)OCC(=O)Nc2ccc(OC)cc2)cc1OC. The Morgan fingerprint density at radius 2 is 1.69 bits per heavy atom. The summed E-state index contributed by atoms with van der Waals surface area (Å²) in [6, 6.07) is 11.5. The molecule has 2 aromatic carbocycles. The first-order chi connectivity index (χ1) is 12.6. The van der Waals surface area contributed by atoms with Crippen molar-refractivity contribution in [1.29, 1.82) is 0 Å². The molecule has 0 saturated heterocycles. The molecule has 138 valence electrons. The van der Waals surface area contributed by atoms with Crippen LogP contribution in [0.3, 0.4) is 0 Å². The van der Waals surface area contributed by atoms with Crippen LogP contribution in [-0.4, -0.2) is 39.3 Å². The van der Waals surface area contributed by atoms with E-state index in [1.807, 2.05) is 6.92 Å². The van der Waals surface area contributed by atoms with Gasteiger partial charge in [0.2, 0.25) is 0 Å². The van der Waals surface area contributed by atoms with E-state index in [4.69, 9.17) is 18.9 Å². The Bertz CT molecular complexity index is 757. The summed E-state index contributed by atoms with van der Waals surface area (Å²) in [5.74, 6) is 0.560.